The molecular formula is C61H81N8O19S6+. The van der Waals surface area contributed by atoms with Gasteiger partial charge < -0.3 is 30.3 Å². The monoisotopic (exact) mass is 1420 g/mol. The molecule has 0 spiro atoms. The summed E-state index contributed by atoms with van der Waals surface area (Å²) in [6, 6.07) is 16.9. The second-order valence-electron chi connectivity index (χ2n) is 23.9. The molecule has 0 saturated heterocycles. The molecule has 0 bridgehead atoms. The van der Waals surface area contributed by atoms with Crippen LogP contribution in [0.5, 0.6) is 0 Å². The highest BCUT2D eigenvalue weighted by Crippen LogP contribution is 2.49. The van der Waals surface area contributed by atoms with Gasteiger partial charge in [-0.1, -0.05) is 61.6 Å². The van der Waals surface area contributed by atoms with E-state index >= 15 is 0 Å². The molecule has 3 heterocycles. The van der Waals surface area contributed by atoms with Gasteiger partial charge in [-0.25, -0.2) is 13.6 Å². The Hall–Kier alpha value is -6.47. The number of anilines is 2. The summed E-state index contributed by atoms with van der Waals surface area (Å²) < 4.78 is 171. The number of carbonyl (C=O) groups excluding carboxylic acids is 3. The molecule has 0 fully saturated rings. The van der Waals surface area contributed by atoms with Crippen molar-refractivity contribution in [3.63, 3.8) is 0 Å². The highest BCUT2D eigenvalue weighted by atomic mass is 32.3. The lowest BCUT2D eigenvalue weighted by Crippen LogP contribution is -2.29. The summed E-state index contributed by atoms with van der Waals surface area (Å²) in [7, 11) is -21.7. The van der Waals surface area contributed by atoms with E-state index in [2.05, 4.69) is 26.1 Å². The van der Waals surface area contributed by atoms with Crippen LogP contribution in [0.2, 0.25) is 0 Å². The van der Waals surface area contributed by atoms with Crippen LogP contribution in [0.25, 0.3) is 5.57 Å². The number of benzene rings is 3. The topological polar surface area (TPSA) is 415 Å². The molecule has 0 atom stereocenters. The van der Waals surface area contributed by atoms with Gasteiger partial charge in [-0.2, -0.15) is 38.2 Å². The van der Waals surface area contributed by atoms with Crippen LogP contribution in [-0.4, -0.2) is 163 Å². The van der Waals surface area contributed by atoms with Crippen molar-refractivity contribution in [2.24, 2.45) is 5.14 Å². The quantitative estimate of drug-likeness (QED) is 0.0104. The molecule has 3 amide bonds. The number of aromatic nitrogens is 2. The second kappa shape index (κ2) is 32.1. The zero-order valence-corrected chi connectivity index (χ0v) is 57.5. The van der Waals surface area contributed by atoms with Gasteiger partial charge in [0.05, 0.1) is 53.1 Å². The fraction of sp³-hybridized carbons (Fsp3) is 0.475. The molecule has 0 radical (unpaired) electrons. The van der Waals surface area contributed by atoms with Crippen LogP contribution in [0.4, 0.5) is 16.5 Å². The molecule has 0 saturated carbocycles. The minimum Gasteiger partial charge on any atom is -0.377 e. The predicted octanol–water partition coefficient (Wildman–Crippen LogP) is 6.59. The first-order chi connectivity index (χ1) is 44.0. The Morgan fingerprint density at radius 2 is 1.26 bits per heavy atom. The van der Waals surface area contributed by atoms with Crippen molar-refractivity contribution in [3.05, 3.63) is 124 Å². The molecule has 27 nitrogen and oxygen atoms in total. The van der Waals surface area contributed by atoms with E-state index in [4.69, 9.17) is 14.6 Å². The second-order valence-corrected chi connectivity index (χ2v) is 32.6. The Labute approximate surface area is 553 Å². The lowest BCUT2D eigenvalue weighted by atomic mass is 9.79. The number of rotatable bonds is 35. The molecule has 33 heteroatoms. The normalized spacial score (nSPS) is 16.7. The molecule has 1 aromatic heterocycles. The summed E-state index contributed by atoms with van der Waals surface area (Å²) in [5, 5.41) is 19.7. The van der Waals surface area contributed by atoms with Gasteiger partial charge in [-0.05, 0) is 141 Å². The van der Waals surface area contributed by atoms with Crippen LogP contribution in [-0.2, 0) is 91.6 Å². The maximum atomic E-state index is 12.8. The standard InChI is InChI=1S/C61H80N8O19S6/c1-60(2)48-40-46(93(81,82)83)22-24-50(48)68(32-7-9-38-90(73,74)75)52(60)26-20-43-13-11-14-44(21-27-53-61(3,4)49-41-47(94(84,85)86)23-25-51(49)69(53)33-8-10-39-91(76,77)78)57(43)45-18-16-42(17-19-45)12-5-6-15-54(70)63-30-34-87-36-37-88-35-31-64-55(71)28-29-56(72)65-58-66-67-59(89-58)92(62,79)80/h16-27,40-41H,5-15,28-39H2,1-4H3,(H8-,62,63,64,65,66,70,71,72,73,74,75,76,77,78,79,80,81,82,83,84,85,86)/p+1. The number of carbonyl (C=O) groups is 3. The number of unbranched alkanes of at least 4 members (excludes halogenated alkanes) is 3. The van der Waals surface area contributed by atoms with Crippen LogP contribution in [0.15, 0.2) is 116 Å². The molecule has 94 heavy (non-hydrogen) atoms. The van der Waals surface area contributed by atoms with E-state index in [1.54, 1.807) is 12.1 Å². The first-order valence-electron chi connectivity index (χ1n) is 30.4. The smallest absolute Gasteiger partial charge is 0.294 e. The van der Waals surface area contributed by atoms with E-state index in [-0.39, 0.29) is 79.5 Å². The third-order valence-electron chi connectivity index (χ3n) is 16.2. The van der Waals surface area contributed by atoms with Crippen molar-refractivity contribution < 1.29 is 88.7 Å². The van der Waals surface area contributed by atoms with E-state index in [0.29, 0.717) is 105 Å². The number of primary sulfonamides is 1. The van der Waals surface area contributed by atoms with Gasteiger partial charge in [0.25, 0.3) is 50.5 Å². The number of allylic oxidation sites excluding steroid dienone is 8. The van der Waals surface area contributed by atoms with Crippen LogP contribution in [0, 0.1) is 0 Å². The van der Waals surface area contributed by atoms with Crippen LogP contribution < -0.4 is 26.0 Å². The highest BCUT2D eigenvalue weighted by Gasteiger charge is 2.45. The molecule has 9 N–H and O–H groups in total. The molecular weight excluding hydrogens is 1340 g/mol. The summed E-state index contributed by atoms with van der Waals surface area (Å²) in [6.45, 7) is 9.76. The molecule has 1 aliphatic carbocycles. The number of ether oxygens (including phenoxy) is 2. The van der Waals surface area contributed by atoms with Crippen molar-refractivity contribution >= 4 is 107 Å². The summed E-state index contributed by atoms with van der Waals surface area (Å²) in [6.07, 6.45) is 13.1. The average molecular weight is 1420 g/mol. The summed E-state index contributed by atoms with van der Waals surface area (Å²) in [4.78, 5) is 38.4. The Kier molecular flexibility index (Phi) is 25.5. The first-order valence-corrected chi connectivity index (χ1v) is 38.8. The summed E-state index contributed by atoms with van der Waals surface area (Å²) in [5.74, 6) is -1.97. The SMILES string of the molecule is CC1(C)C(/C=C/C2=C(c3ccc(CCCCC(=O)NCCOCCOCCNC(=O)CCC(=O)Nc4nnc(S(N)(=O)=O)s4)cc3)C(=C/C=C3/N(CCCCS(=O)(=O)O)c4ccc(S(=O)(=O)O)cc4C3(C)C)/CCC2)=[N+](CCCCS(=O)(=O)O)c2ccc(S(=O)(=O)O)cc21. The zero-order chi connectivity index (χ0) is 68.9. The van der Waals surface area contributed by atoms with E-state index < -0.39 is 89.0 Å². The van der Waals surface area contributed by atoms with Gasteiger partial charge in [0.15, 0.2) is 5.71 Å². The fourth-order valence-corrected chi connectivity index (χ4v) is 15.0. The molecule has 7 rings (SSSR count). The molecule has 2 aliphatic heterocycles. The first kappa shape index (κ1) is 74.9. The third-order valence-corrected chi connectivity index (χ3v) is 21.6. The Morgan fingerprint density at radius 3 is 1.86 bits per heavy atom. The van der Waals surface area contributed by atoms with Crippen molar-refractivity contribution in [2.45, 2.75) is 136 Å². The number of nitrogens with zero attached hydrogens (tertiary/aromatic N) is 4. The maximum absolute atomic E-state index is 12.8. The molecule has 514 valence electrons. The fourth-order valence-electron chi connectivity index (χ4n) is 11.5. The van der Waals surface area contributed by atoms with Crippen LogP contribution in [0.1, 0.15) is 127 Å². The van der Waals surface area contributed by atoms with E-state index in [1.165, 1.54) is 24.3 Å². The van der Waals surface area contributed by atoms with Gasteiger partial charge in [-0.3, -0.25) is 32.6 Å². The molecule has 3 aliphatic rings. The Balaban J connectivity index is 1.02. The third kappa shape index (κ3) is 21.3. The zero-order valence-electron chi connectivity index (χ0n) is 52.6. The predicted molar refractivity (Wildman–Crippen MR) is 354 cm³/mol. The number of hydrogen-bond acceptors (Lipinski definition) is 19. The van der Waals surface area contributed by atoms with Gasteiger partial charge in [0, 0.05) is 79.8 Å². The minimum absolute atomic E-state index is 0.0662. The molecule has 3 aromatic carbocycles. The van der Waals surface area contributed by atoms with Gasteiger partial charge in [-0.15, -0.1) is 10.2 Å². The Bertz CT molecular complexity index is 4220. The van der Waals surface area contributed by atoms with Crippen molar-refractivity contribution in [2.75, 3.05) is 74.3 Å². The number of fused-ring (bicyclic) bond motifs is 2. The Morgan fingerprint density at radius 1 is 0.660 bits per heavy atom. The van der Waals surface area contributed by atoms with E-state index in [0.717, 1.165) is 45.7 Å². The van der Waals surface area contributed by atoms with Gasteiger partial charge in [0.1, 0.15) is 6.54 Å². The minimum atomic E-state index is -4.58. The summed E-state index contributed by atoms with van der Waals surface area (Å²) >= 11 is 0.587. The number of nitrogens with one attached hydrogen (secondary N) is 3. The highest BCUT2D eigenvalue weighted by molar-refractivity contribution is 7.91. The van der Waals surface area contributed by atoms with Gasteiger partial charge in [0.2, 0.25) is 32.9 Å². The lowest BCUT2D eigenvalue weighted by molar-refractivity contribution is -0.438. The van der Waals surface area contributed by atoms with Crippen molar-refractivity contribution in [1.29, 1.82) is 0 Å². The lowest BCUT2D eigenvalue weighted by Gasteiger charge is -2.28. The number of sulfonamides is 1. The number of aryl methyl sites for hydroxylation is 1. The van der Waals surface area contributed by atoms with Crippen molar-refractivity contribution in [1.82, 2.24) is 20.8 Å². The largest absolute Gasteiger partial charge is 0.377 e. The van der Waals surface area contributed by atoms with Crippen molar-refractivity contribution in [3.8, 4) is 0 Å². The molecule has 4 aromatic rings. The van der Waals surface area contributed by atoms with E-state index in [1.807, 2.05) is 85.7 Å². The number of amides is 3. The average Bonchev–Trinajstić information content (AvgIpc) is 1.59. The van der Waals surface area contributed by atoms with Gasteiger partial charge >= 0.3 is 0 Å². The maximum Gasteiger partial charge on any atom is 0.294 e. The van der Waals surface area contributed by atoms with Crippen LogP contribution >= 0.6 is 11.3 Å². The number of nitrogens with two attached hydrogens (primary N) is 1. The molecule has 0 unspecified atom stereocenters. The van der Waals surface area contributed by atoms with E-state index in [9.17, 15) is 74.7 Å². The van der Waals surface area contributed by atoms with Crippen LogP contribution in [0.3, 0.4) is 0 Å². The summed E-state index contributed by atoms with van der Waals surface area (Å²) in [5.41, 5.74) is 7.25. The number of hydrogen-bond donors (Lipinski definition) is 8.